The summed E-state index contributed by atoms with van der Waals surface area (Å²) < 4.78 is 67.4. The minimum atomic E-state index is -4.63. The molecular weight excluding hydrogens is 383 g/mol. The number of hydrogen-bond acceptors (Lipinski definition) is 6. The molecule has 0 amide bonds. The van der Waals surface area contributed by atoms with Crippen molar-refractivity contribution in [1.29, 1.82) is 0 Å². The van der Waals surface area contributed by atoms with Crippen LogP contribution in [0.1, 0.15) is 31.7 Å². The minimum Gasteiger partial charge on any atom is -0.477 e. The van der Waals surface area contributed by atoms with Gasteiger partial charge in [-0.25, -0.2) is 13.4 Å². The number of rotatable bonds is 8. The van der Waals surface area contributed by atoms with E-state index in [0.717, 1.165) is 19.1 Å². The molecule has 27 heavy (non-hydrogen) atoms. The summed E-state index contributed by atoms with van der Waals surface area (Å²) in [4.78, 5) is 7.62. The van der Waals surface area contributed by atoms with Gasteiger partial charge in [0.2, 0.25) is 11.8 Å². The van der Waals surface area contributed by atoms with Gasteiger partial charge in [0.25, 0.3) is 0 Å². The van der Waals surface area contributed by atoms with E-state index >= 15 is 0 Å². The van der Waals surface area contributed by atoms with E-state index in [0.29, 0.717) is 18.3 Å². The summed E-state index contributed by atoms with van der Waals surface area (Å²) in [6, 6.07) is 5.70. The van der Waals surface area contributed by atoms with Crippen molar-refractivity contribution in [1.82, 2.24) is 9.97 Å². The average Bonchev–Trinajstić information content (AvgIpc) is 2.57. The largest absolute Gasteiger partial charge is 0.477 e. The van der Waals surface area contributed by atoms with Crippen molar-refractivity contribution in [3.63, 3.8) is 0 Å². The number of nitrogens with zero attached hydrogens (tertiary/aromatic N) is 2. The van der Waals surface area contributed by atoms with Gasteiger partial charge in [-0.15, -0.1) is 0 Å². The number of benzene rings is 1. The average molecular weight is 403 g/mol. The van der Waals surface area contributed by atoms with Crippen molar-refractivity contribution in [3.05, 3.63) is 36.0 Å². The molecule has 2 rings (SSSR count). The summed E-state index contributed by atoms with van der Waals surface area (Å²) in [7, 11) is -3.34. The lowest BCUT2D eigenvalue weighted by atomic mass is 10.3. The standard InChI is InChI=1S/C17H20F3N3O3S/c1-3-4-5-10-26-15-14(17(18,19)20)11-21-16(23-15)22-12-6-8-13(9-7-12)27(2,24)25/h6-9,11H,3-5,10H2,1-2H3,(H,21,22,23). The van der Waals surface area contributed by atoms with E-state index in [4.69, 9.17) is 4.74 Å². The Kier molecular flexibility index (Phi) is 6.63. The first-order valence-corrected chi connectivity index (χ1v) is 10.1. The summed E-state index contributed by atoms with van der Waals surface area (Å²) in [5.41, 5.74) is -0.615. The number of anilines is 2. The number of nitrogens with one attached hydrogen (secondary N) is 1. The molecule has 0 spiro atoms. The normalized spacial score (nSPS) is 12.0. The van der Waals surface area contributed by atoms with Crippen LogP contribution in [0.4, 0.5) is 24.8 Å². The zero-order valence-electron chi connectivity index (χ0n) is 14.9. The fourth-order valence-corrected chi connectivity index (χ4v) is 2.80. The molecule has 10 heteroatoms. The molecule has 1 N–H and O–H groups in total. The molecule has 0 atom stereocenters. The molecule has 1 aromatic heterocycles. The molecule has 0 unspecified atom stereocenters. The van der Waals surface area contributed by atoms with Gasteiger partial charge in [0, 0.05) is 18.1 Å². The summed E-state index contributed by atoms with van der Waals surface area (Å²) in [5, 5.41) is 2.74. The Morgan fingerprint density at radius 2 is 1.81 bits per heavy atom. The third-order valence-corrected chi connectivity index (χ3v) is 4.71. The summed E-state index contributed by atoms with van der Waals surface area (Å²) >= 11 is 0. The van der Waals surface area contributed by atoms with Gasteiger partial charge in [0.1, 0.15) is 5.56 Å². The first-order chi connectivity index (χ1) is 12.6. The highest BCUT2D eigenvalue weighted by Crippen LogP contribution is 2.35. The van der Waals surface area contributed by atoms with Crippen LogP contribution in [0.25, 0.3) is 0 Å². The van der Waals surface area contributed by atoms with Crippen molar-refractivity contribution < 1.29 is 26.3 Å². The third kappa shape index (κ3) is 6.09. The van der Waals surface area contributed by atoms with Crippen LogP contribution < -0.4 is 10.1 Å². The number of hydrogen-bond donors (Lipinski definition) is 1. The summed E-state index contributed by atoms with van der Waals surface area (Å²) in [6.07, 6.45) is -0.519. The molecule has 0 bridgehead atoms. The van der Waals surface area contributed by atoms with Gasteiger partial charge in [-0.1, -0.05) is 19.8 Å². The number of alkyl halides is 3. The van der Waals surface area contributed by atoms with Crippen molar-refractivity contribution in [2.75, 3.05) is 18.2 Å². The lowest BCUT2D eigenvalue weighted by Gasteiger charge is -2.14. The van der Waals surface area contributed by atoms with E-state index in [1.807, 2.05) is 6.92 Å². The minimum absolute atomic E-state index is 0.0828. The molecular formula is C17H20F3N3O3S. The van der Waals surface area contributed by atoms with Gasteiger partial charge >= 0.3 is 6.18 Å². The highest BCUT2D eigenvalue weighted by atomic mass is 32.2. The van der Waals surface area contributed by atoms with Crippen LogP contribution in [0, 0.1) is 0 Å². The predicted molar refractivity (Wildman–Crippen MR) is 94.9 cm³/mol. The Balaban J connectivity index is 2.21. The van der Waals surface area contributed by atoms with Crippen LogP contribution in [0.2, 0.25) is 0 Å². The van der Waals surface area contributed by atoms with Crippen molar-refractivity contribution in [3.8, 4) is 5.88 Å². The first kappa shape index (κ1) is 20.9. The molecule has 0 aliphatic heterocycles. The van der Waals surface area contributed by atoms with E-state index < -0.39 is 27.5 Å². The molecule has 0 saturated heterocycles. The molecule has 6 nitrogen and oxygen atoms in total. The Morgan fingerprint density at radius 1 is 1.15 bits per heavy atom. The van der Waals surface area contributed by atoms with Gasteiger partial charge in [-0.05, 0) is 30.7 Å². The van der Waals surface area contributed by atoms with Gasteiger partial charge < -0.3 is 10.1 Å². The highest BCUT2D eigenvalue weighted by molar-refractivity contribution is 7.90. The molecule has 0 aliphatic rings. The van der Waals surface area contributed by atoms with Crippen LogP contribution in [-0.4, -0.2) is 31.2 Å². The fraction of sp³-hybridized carbons (Fsp3) is 0.412. The van der Waals surface area contributed by atoms with Gasteiger partial charge in [0.05, 0.1) is 11.5 Å². The summed E-state index contributed by atoms with van der Waals surface area (Å²) in [5.74, 6) is -0.621. The van der Waals surface area contributed by atoms with E-state index in [9.17, 15) is 21.6 Å². The van der Waals surface area contributed by atoms with E-state index in [1.165, 1.54) is 24.3 Å². The Hall–Kier alpha value is -2.36. The summed E-state index contributed by atoms with van der Waals surface area (Å²) in [6.45, 7) is 2.10. The first-order valence-electron chi connectivity index (χ1n) is 8.25. The smallest absolute Gasteiger partial charge is 0.423 e. The maximum absolute atomic E-state index is 13.1. The molecule has 0 saturated carbocycles. The molecule has 0 fully saturated rings. The van der Waals surface area contributed by atoms with Crippen molar-refractivity contribution in [2.45, 2.75) is 37.3 Å². The number of halogens is 3. The topological polar surface area (TPSA) is 81.2 Å². The van der Waals surface area contributed by atoms with Crippen LogP contribution in [0.5, 0.6) is 5.88 Å². The molecule has 1 heterocycles. The molecule has 1 aromatic carbocycles. The number of sulfone groups is 1. The number of ether oxygens (including phenoxy) is 1. The Morgan fingerprint density at radius 3 is 2.37 bits per heavy atom. The molecule has 148 valence electrons. The Bertz CT molecular complexity index is 869. The van der Waals surface area contributed by atoms with Gasteiger partial charge in [-0.3, -0.25) is 0 Å². The van der Waals surface area contributed by atoms with Crippen LogP contribution in [0.3, 0.4) is 0 Å². The maximum Gasteiger partial charge on any atom is 0.423 e. The maximum atomic E-state index is 13.1. The van der Waals surface area contributed by atoms with Crippen molar-refractivity contribution >= 4 is 21.5 Å². The van der Waals surface area contributed by atoms with Crippen molar-refractivity contribution in [2.24, 2.45) is 0 Å². The molecule has 2 aromatic rings. The predicted octanol–water partition coefficient (Wildman–Crippen LogP) is 4.21. The fourth-order valence-electron chi connectivity index (χ4n) is 2.17. The SMILES string of the molecule is CCCCCOc1nc(Nc2ccc(S(C)(=O)=O)cc2)ncc1C(F)(F)F. The van der Waals surface area contributed by atoms with E-state index in [-0.39, 0.29) is 17.5 Å². The second-order valence-electron chi connectivity index (χ2n) is 5.89. The second-order valence-corrected chi connectivity index (χ2v) is 7.90. The Labute approximate surface area is 155 Å². The number of unbranched alkanes of at least 4 members (excludes halogenated alkanes) is 2. The molecule has 0 radical (unpaired) electrons. The van der Waals surface area contributed by atoms with Crippen LogP contribution >= 0.6 is 0 Å². The van der Waals surface area contributed by atoms with Crippen LogP contribution in [0.15, 0.2) is 35.4 Å². The van der Waals surface area contributed by atoms with E-state index in [1.54, 1.807) is 0 Å². The lowest BCUT2D eigenvalue weighted by Crippen LogP contribution is -2.13. The van der Waals surface area contributed by atoms with Gasteiger partial charge in [-0.2, -0.15) is 18.2 Å². The monoisotopic (exact) mass is 403 g/mol. The zero-order chi connectivity index (χ0) is 20.1. The van der Waals surface area contributed by atoms with Crippen LogP contribution in [-0.2, 0) is 16.0 Å². The number of aromatic nitrogens is 2. The molecule has 0 aliphatic carbocycles. The zero-order valence-corrected chi connectivity index (χ0v) is 15.7. The van der Waals surface area contributed by atoms with Gasteiger partial charge in [0.15, 0.2) is 9.84 Å². The second kappa shape index (κ2) is 8.55. The highest BCUT2D eigenvalue weighted by Gasteiger charge is 2.36. The van der Waals surface area contributed by atoms with E-state index in [2.05, 4.69) is 15.3 Å². The third-order valence-electron chi connectivity index (χ3n) is 3.58. The lowest BCUT2D eigenvalue weighted by molar-refractivity contribution is -0.139. The quantitative estimate of drug-likeness (QED) is 0.665.